The minimum atomic E-state index is 0.272. The van der Waals surface area contributed by atoms with E-state index in [0.717, 1.165) is 19.5 Å². The number of amides is 1. The normalized spacial score (nSPS) is 25.8. The van der Waals surface area contributed by atoms with Crippen molar-refractivity contribution in [3.05, 3.63) is 0 Å². The largest absolute Gasteiger partial charge is 0.343 e. The standard InChI is InChI=1S/C8H16N2O/c1-2-10-4-3-7(6-9)5-8(10)11/h7H,2-6,9H2,1H3/t7-/m0/s1. The van der Waals surface area contributed by atoms with Gasteiger partial charge in [0.25, 0.3) is 0 Å². The molecule has 0 spiro atoms. The lowest BCUT2D eigenvalue weighted by Gasteiger charge is -2.30. The van der Waals surface area contributed by atoms with E-state index in [1.54, 1.807) is 0 Å². The van der Waals surface area contributed by atoms with Crippen molar-refractivity contribution in [3.8, 4) is 0 Å². The van der Waals surface area contributed by atoms with Crippen LogP contribution < -0.4 is 5.73 Å². The molecule has 3 nitrogen and oxygen atoms in total. The van der Waals surface area contributed by atoms with Crippen molar-refractivity contribution in [2.45, 2.75) is 19.8 Å². The van der Waals surface area contributed by atoms with Crippen molar-refractivity contribution in [2.75, 3.05) is 19.6 Å². The zero-order chi connectivity index (χ0) is 8.27. The smallest absolute Gasteiger partial charge is 0.222 e. The molecule has 3 heteroatoms. The van der Waals surface area contributed by atoms with E-state index >= 15 is 0 Å². The first kappa shape index (κ1) is 8.53. The quantitative estimate of drug-likeness (QED) is 0.621. The summed E-state index contributed by atoms with van der Waals surface area (Å²) < 4.78 is 0. The number of carbonyl (C=O) groups excluding carboxylic acids is 1. The van der Waals surface area contributed by atoms with E-state index in [4.69, 9.17) is 5.73 Å². The predicted molar refractivity (Wildman–Crippen MR) is 44.0 cm³/mol. The molecule has 0 aromatic rings. The third-order valence-electron chi connectivity index (χ3n) is 2.34. The van der Waals surface area contributed by atoms with Crippen LogP contribution >= 0.6 is 0 Å². The first-order chi connectivity index (χ1) is 5.27. The Hall–Kier alpha value is -0.570. The summed E-state index contributed by atoms with van der Waals surface area (Å²) in [6.45, 7) is 4.41. The van der Waals surface area contributed by atoms with Crippen molar-refractivity contribution in [1.29, 1.82) is 0 Å². The molecular weight excluding hydrogens is 140 g/mol. The van der Waals surface area contributed by atoms with Crippen LogP contribution in [0.4, 0.5) is 0 Å². The Labute approximate surface area is 67.5 Å². The first-order valence-corrected chi connectivity index (χ1v) is 4.25. The molecule has 0 unspecified atom stereocenters. The highest BCUT2D eigenvalue weighted by Gasteiger charge is 2.23. The van der Waals surface area contributed by atoms with Crippen LogP contribution in [0, 0.1) is 5.92 Å². The van der Waals surface area contributed by atoms with Crippen LogP contribution in [-0.4, -0.2) is 30.4 Å². The fourth-order valence-electron chi connectivity index (χ4n) is 1.48. The van der Waals surface area contributed by atoms with Gasteiger partial charge in [-0.25, -0.2) is 0 Å². The monoisotopic (exact) mass is 156 g/mol. The summed E-state index contributed by atoms with van der Waals surface area (Å²) in [7, 11) is 0. The third kappa shape index (κ3) is 1.93. The molecule has 1 fully saturated rings. The van der Waals surface area contributed by atoms with Crippen molar-refractivity contribution >= 4 is 5.91 Å². The lowest BCUT2D eigenvalue weighted by molar-refractivity contribution is -0.134. The Bertz CT molecular complexity index is 147. The van der Waals surface area contributed by atoms with E-state index in [0.29, 0.717) is 18.9 Å². The molecule has 1 aliphatic heterocycles. The molecule has 0 aliphatic carbocycles. The molecule has 1 aliphatic rings. The number of nitrogens with zero attached hydrogens (tertiary/aromatic N) is 1. The van der Waals surface area contributed by atoms with E-state index < -0.39 is 0 Å². The van der Waals surface area contributed by atoms with Gasteiger partial charge in [0.15, 0.2) is 0 Å². The van der Waals surface area contributed by atoms with Crippen LogP contribution in [0.25, 0.3) is 0 Å². The minimum absolute atomic E-state index is 0.272. The lowest BCUT2D eigenvalue weighted by atomic mass is 9.97. The Morgan fingerprint density at radius 3 is 2.91 bits per heavy atom. The van der Waals surface area contributed by atoms with Crippen molar-refractivity contribution in [3.63, 3.8) is 0 Å². The zero-order valence-corrected chi connectivity index (χ0v) is 7.05. The van der Waals surface area contributed by atoms with Gasteiger partial charge in [0.1, 0.15) is 0 Å². The maximum Gasteiger partial charge on any atom is 0.222 e. The van der Waals surface area contributed by atoms with Gasteiger partial charge in [0, 0.05) is 19.5 Å². The van der Waals surface area contributed by atoms with E-state index in [1.165, 1.54) is 0 Å². The summed E-state index contributed by atoms with van der Waals surface area (Å²) in [6, 6.07) is 0. The van der Waals surface area contributed by atoms with Gasteiger partial charge in [0.05, 0.1) is 0 Å². The minimum Gasteiger partial charge on any atom is -0.343 e. The van der Waals surface area contributed by atoms with Gasteiger partial charge in [-0.1, -0.05) is 0 Å². The number of likely N-dealkylation sites (tertiary alicyclic amines) is 1. The van der Waals surface area contributed by atoms with Crippen LogP contribution in [0.3, 0.4) is 0 Å². The second kappa shape index (κ2) is 3.72. The second-order valence-corrected chi connectivity index (χ2v) is 3.07. The van der Waals surface area contributed by atoms with Crippen LogP contribution in [0.2, 0.25) is 0 Å². The van der Waals surface area contributed by atoms with E-state index in [1.807, 2.05) is 11.8 Å². The molecule has 11 heavy (non-hydrogen) atoms. The summed E-state index contributed by atoms with van der Waals surface area (Å²) in [5.74, 6) is 0.708. The maximum atomic E-state index is 11.3. The fraction of sp³-hybridized carbons (Fsp3) is 0.875. The van der Waals surface area contributed by atoms with Crippen LogP contribution in [0.1, 0.15) is 19.8 Å². The number of carbonyl (C=O) groups is 1. The van der Waals surface area contributed by atoms with Gasteiger partial charge in [0.2, 0.25) is 5.91 Å². The van der Waals surface area contributed by atoms with Crippen LogP contribution in [0.15, 0.2) is 0 Å². The molecule has 0 bridgehead atoms. The number of nitrogens with two attached hydrogens (primary N) is 1. The predicted octanol–water partition coefficient (Wildman–Crippen LogP) is 0.204. The molecule has 0 aromatic carbocycles. The average Bonchev–Trinajstić information content (AvgIpc) is 2.04. The van der Waals surface area contributed by atoms with E-state index in [-0.39, 0.29) is 5.91 Å². The molecular formula is C8H16N2O. The highest BCUT2D eigenvalue weighted by atomic mass is 16.2. The molecule has 1 rings (SSSR count). The lowest BCUT2D eigenvalue weighted by Crippen LogP contribution is -2.40. The van der Waals surface area contributed by atoms with Gasteiger partial charge in [-0.2, -0.15) is 0 Å². The first-order valence-electron chi connectivity index (χ1n) is 4.25. The third-order valence-corrected chi connectivity index (χ3v) is 2.34. The molecule has 1 amide bonds. The molecule has 1 heterocycles. The number of hydrogen-bond donors (Lipinski definition) is 1. The maximum absolute atomic E-state index is 11.3. The fourth-order valence-corrected chi connectivity index (χ4v) is 1.48. The summed E-state index contributed by atoms with van der Waals surface area (Å²) >= 11 is 0. The molecule has 2 N–H and O–H groups in total. The van der Waals surface area contributed by atoms with Gasteiger partial charge in [-0.15, -0.1) is 0 Å². The molecule has 0 radical (unpaired) electrons. The molecule has 1 saturated heterocycles. The Morgan fingerprint density at radius 2 is 2.45 bits per heavy atom. The molecule has 0 saturated carbocycles. The van der Waals surface area contributed by atoms with Gasteiger partial charge < -0.3 is 10.6 Å². The Kier molecular flexibility index (Phi) is 2.88. The summed E-state index contributed by atoms with van der Waals surface area (Å²) in [6.07, 6.45) is 1.74. The van der Waals surface area contributed by atoms with E-state index in [9.17, 15) is 4.79 Å². The summed E-state index contributed by atoms with van der Waals surface area (Å²) in [5.41, 5.74) is 5.48. The highest BCUT2D eigenvalue weighted by Crippen LogP contribution is 2.16. The van der Waals surface area contributed by atoms with E-state index in [2.05, 4.69) is 0 Å². The van der Waals surface area contributed by atoms with Crippen LogP contribution in [0.5, 0.6) is 0 Å². The SMILES string of the molecule is CCN1CC[C@H](CN)CC1=O. The Balaban J connectivity index is 2.41. The molecule has 64 valence electrons. The average molecular weight is 156 g/mol. The summed E-state index contributed by atoms with van der Waals surface area (Å²) in [4.78, 5) is 13.2. The molecule has 1 atom stereocenters. The van der Waals surface area contributed by atoms with Gasteiger partial charge >= 0.3 is 0 Å². The zero-order valence-electron chi connectivity index (χ0n) is 7.05. The van der Waals surface area contributed by atoms with Crippen LogP contribution in [-0.2, 0) is 4.79 Å². The topological polar surface area (TPSA) is 46.3 Å². The number of hydrogen-bond acceptors (Lipinski definition) is 2. The number of rotatable bonds is 2. The van der Waals surface area contributed by atoms with Crippen molar-refractivity contribution in [2.24, 2.45) is 11.7 Å². The number of piperidine rings is 1. The Morgan fingerprint density at radius 1 is 1.73 bits per heavy atom. The second-order valence-electron chi connectivity index (χ2n) is 3.07. The van der Waals surface area contributed by atoms with Gasteiger partial charge in [-0.3, -0.25) is 4.79 Å². The van der Waals surface area contributed by atoms with Crippen molar-refractivity contribution < 1.29 is 4.79 Å². The van der Waals surface area contributed by atoms with Crippen molar-refractivity contribution in [1.82, 2.24) is 4.90 Å². The summed E-state index contributed by atoms with van der Waals surface area (Å²) in [5, 5.41) is 0. The van der Waals surface area contributed by atoms with Gasteiger partial charge in [-0.05, 0) is 25.8 Å². The highest BCUT2D eigenvalue weighted by molar-refractivity contribution is 5.77. The molecule has 0 aromatic heterocycles.